The molecule has 3 aromatic rings. The third kappa shape index (κ3) is 3.42. The SMILES string of the molecule is Cc1cccc(CCC(=O)n2cc(C3CCNCC3)c3ncccc32)c1. The molecule has 1 aromatic carbocycles. The molecule has 4 nitrogen and oxygen atoms in total. The molecule has 4 heteroatoms. The zero-order valence-corrected chi connectivity index (χ0v) is 15.2. The number of carbonyl (C=O) groups excluding carboxylic acids is 1. The van der Waals surface area contributed by atoms with Gasteiger partial charge >= 0.3 is 0 Å². The fraction of sp³-hybridized carbons (Fsp3) is 0.364. The van der Waals surface area contributed by atoms with Gasteiger partial charge in [0.1, 0.15) is 0 Å². The van der Waals surface area contributed by atoms with Crippen LogP contribution < -0.4 is 5.32 Å². The lowest BCUT2D eigenvalue weighted by Crippen LogP contribution is -2.26. The number of aromatic nitrogens is 2. The highest BCUT2D eigenvalue weighted by Gasteiger charge is 2.22. The van der Waals surface area contributed by atoms with Crippen LogP contribution in [0.5, 0.6) is 0 Å². The van der Waals surface area contributed by atoms with E-state index in [1.54, 1.807) is 0 Å². The Morgan fingerprint density at radius 3 is 2.88 bits per heavy atom. The van der Waals surface area contributed by atoms with Crippen LogP contribution in [-0.4, -0.2) is 28.5 Å². The van der Waals surface area contributed by atoms with Crippen LogP contribution in [0.4, 0.5) is 0 Å². The van der Waals surface area contributed by atoms with E-state index in [0.717, 1.165) is 43.4 Å². The summed E-state index contributed by atoms with van der Waals surface area (Å²) in [5, 5.41) is 3.41. The van der Waals surface area contributed by atoms with Crippen LogP contribution in [0.1, 0.15) is 46.7 Å². The molecule has 0 amide bonds. The summed E-state index contributed by atoms with van der Waals surface area (Å²) in [5.74, 6) is 0.629. The molecule has 0 atom stereocenters. The first-order chi connectivity index (χ1) is 12.7. The van der Waals surface area contributed by atoms with Gasteiger partial charge in [0.15, 0.2) is 0 Å². The second-order valence-corrected chi connectivity index (χ2v) is 7.23. The molecule has 3 heterocycles. The number of piperidine rings is 1. The summed E-state index contributed by atoms with van der Waals surface area (Å²) in [6, 6.07) is 12.3. The minimum Gasteiger partial charge on any atom is -0.317 e. The normalized spacial score (nSPS) is 15.4. The van der Waals surface area contributed by atoms with Crippen molar-refractivity contribution < 1.29 is 4.79 Å². The van der Waals surface area contributed by atoms with E-state index < -0.39 is 0 Å². The quantitative estimate of drug-likeness (QED) is 0.773. The number of pyridine rings is 1. The number of hydrogen-bond acceptors (Lipinski definition) is 3. The summed E-state index contributed by atoms with van der Waals surface area (Å²) in [5.41, 5.74) is 5.61. The van der Waals surface area contributed by atoms with E-state index in [0.29, 0.717) is 12.3 Å². The fourth-order valence-electron chi connectivity index (χ4n) is 3.96. The Morgan fingerprint density at radius 2 is 2.08 bits per heavy atom. The van der Waals surface area contributed by atoms with Gasteiger partial charge in [0.25, 0.3) is 0 Å². The largest absolute Gasteiger partial charge is 0.317 e. The second kappa shape index (κ2) is 7.42. The highest BCUT2D eigenvalue weighted by molar-refractivity contribution is 5.92. The molecule has 0 saturated carbocycles. The number of nitrogens with one attached hydrogen (secondary N) is 1. The lowest BCUT2D eigenvalue weighted by molar-refractivity contribution is 0.0908. The van der Waals surface area contributed by atoms with Gasteiger partial charge in [-0.3, -0.25) is 14.3 Å². The van der Waals surface area contributed by atoms with Crippen LogP contribution in [0, 0.1) is 6.92 Å². The first-order valence-electron chi connectivity index (χ1n) is 9.48. The highest BCUT2D eigenvalue weighted by Crippen LogP contribution is 2.32. The molecule has 1 fully saturated rings. The molecule has 1 aliphatic rings. The predicted octanol–water partition coefficient (Wildman–Crippen LogP) is 4.08. The maximum Gasteiger partial charge on any atom is 0.231 e. The van der Waals surface area contributed by atoms with Crippen molar-refractivity contribution in [3.05, 3.63) is 65.5 Å². The molecule has 1 N–H and O–H groups in total. The summed E-state index contributed by atoms with van der Waals surface area (Å²) in [4.78, 5) is 17.5. The molecule has 1 saturated heterocycles. The van der Waals surface area contributed by atoms with E-state index in [2.05, 4.69) is 41.5 Å². The molecular formula is C22H25N3O. The van der Waals surface area contributed by atoms with E-state index in [-0.39, 0.29) is 5.91 Å². The number of aryl methyl sites for hydroxylation is 2. The van der Waals surface area contributed by atoms with E-state index in [4.69, 9.17) is 0 Å². The van der Waals surface area contributed by atoms with Gasteiger partial charge in [0.05, 0.1) is 11.0 Å². The summed E-state index contributed by atoms with van der Waals surface area (Å²) < 4.78 is 1.83. The fourth-order valence-corrected chi connectivity index (χ4v) is 3.96. The Balaban J connectivity index is 1.60. The Bertz CT molecular complexity index is 922. The maximum absolute atomic E-state index is 12.9. The van der Waals surface area contributed by atoms with E-state index in [9.17, 15) is 4.79 Å². The number of nitrogens with zero attached hydrogens (tertiary/aromatic N) is 2. The van der Waals surface area contributed by atoms with Crippen LogP contribution >= 0.6 is 0 Å². The summed E-state index contributed by atoms with van der Waals surface area (Å²) in [6.07, 6.45) is 7.36. The minimum atomic E-state index is 0.143. The molecule has 0 aliphatic carbocycles. The Hall–Kier alpha value is -2.46. The van der Waals surface area contributed by atoms with Gasteiger partial charge in [-0.05, 0) is 68.5 Å². The highest BCUT2D eigenvalue weighted by atomic mass is 16.2. The molecule has 0 radical (unpaired) electrons. The van der Waals surface area contributed by atoms with E-state index in [1.807, 2.05) is 29.1 Å². The van der Waals surface area contributed by atoms with Gasteiger partial charge in [-0.25, -0.2) is 0 Å². The molecule has 0 unspecified atom stereocenters. The Morgan fingerprint density at radius 1 is 1.23 bits per heavy atom. The van der Waals surface area contributed by atoms with Gasteiger partial charge in [0, 0.05) is 18.8 Å². The predicted molar refractivity (Wildman–Crippen MR) is 105 cm³/mol. The van der Waals surface area contributed by atoms with E-state index in [1.165, 1.54) is 16.7 Å². The van der Waals surface area contributed by atoms with Crippen molar-refractivity contribution in [2.75, 3.05) is 13.1 Å². The van der Waals surface area contributed by atoms with Crippen molar-refractivity contribution in [3.63, 3.8) is 0 Å². The summed E-state index contributed by atoms with van der Waals surface area (Å²) in [6.45, 7) is 4.15. The molecule has 26 heavy (non-hydrogen) atoms. The van der Waals surface area contributed by atoms with Crippen LogP contribution in [0.3, 0.4) is 0 Å². The van der Waals surface area contributed by atoms with Crippen molar-refractivity contribution in [2.45, 2.75) is 38.5 Å². The molecular weight excluding hydrogens is 322 g/mol. The van der Waals surface area contributed by atoms with Crippen LogP contribution in [0.2, 0.25) is 0 Å². The van der Waals surface area contributed by atoms with Gasteiger partial charge in [0.2, 0.25) is 5.91 Å². The molecule has 0 spiro atoms. The topological polar surface area (TPSA) is 46.9 Å². The van der Waals surface area contributed by atoms with Gasteiger partial charge in [-0.2, -0.15) is 0 Å². The number of rotatable bonds is 4. The third-order valence-corrected chi connectivity index (χ3v) is 5.35. The van der Waals surface area contributed by atoms with Crippen LogP contribution in [-0.2, 0) is 6.42 Å². The second-order valence-electron chi connectivity index (χ2n) is 7.23. The Kier molecular flexibility index (Phi) is 4.85. The molecule has 134 valence electrons. The average Bonchev–Trinajstić information content (AvgIpc) is 3.07. The zero-order valence-electron chi connectivity index (χ0n) is 15.2. The minimum absolute atomic E-state index is 0.143. The van der Waals surface area contributed by atoms with Crippen molar-refractivity contribution in [3.8, 4) is 0 Å². The first kappa shape index (κ1) is 17.0. The molecule has 0 bridgehead atoms. The van der Waals surface area contributed by atoms with Gasteiger partial charge in [-0.1, -0.05) is 29.8 Å². The van der Waals surface area contributed by atoms with Crippen LogP contribution in [0.25, 0.3) is 11.0 Å². The number of benzene rings is 1. The molecule has 2 aromatic heterocycles. The first-order valence-corrected chi connectivity index (χ1v) is 9.48. The number of hydrogen-bond donors (Lipinski definition) is 1. The zero-order chi connectivity index (χ0) is 17.9. The standard InChI is InChI=1S/C22H25N3O/c1-16-4-2-5-17(14-16)7-8-21(26)25-15-19(18-9-12-23-13-10-18)22-20(25)6-3-11-24-22/h2-6,11,14-15,18,23H,7-10,12-13H2,1H3. The van der Waals surface area contributed by atoms with Crippen molar-refractivity contribution >= 4 is 16.9 Å². The molecule has 4 rings (SSSR count). The molecule has 1 aliphatic heterocycles. The van der Waals surface area contributed by atoms with Crippen molar-refractivity contribution in [2.24, 2.45) is 0 Å². The summed E-state index contributed by atoms with van der Waals surface area (Å²) >= 11 is 0. The average molecular weight is 347 g/mol. The van der Waals surface area contributed by atoms with Gasteiger partial charge in [-0.15, -0.1) is 0 Å². The monoisotopic (exact) mass is 347 g/mol. The van der Waals surface area contributed by atoms with E-state index >= 15 is 0 Å². The van der Waals surface area contributed by atoms with Crippen molar-refractivity contribution in [1.29, 1.82) is 0 Å². The maximum atomic E-state index is 12.9. The third-order valence-electron chi connectivity index (χ3n) is 5.35. The summed E-state index contributed by atoms with van der Waals surface area (Å²) in [7, 11) is 0. The van der Waals surface area contributed by atoms with Gasteiger partial charge < -0.3 is 5.32 Å². The smallest absolute Gasteiger partial charge is 0.231 e. The number of carbonyl (C=O) groups is 1. The van der Waals surface area contributed by atoms with Crippen LogP contribution in [0.15, 0.2) is 48.8 Å². The lowest BCUT2D eigenvalue weighted by Gasteiger charge is -2.21. The van der Waals surface area contributed by atoms with Crippen molar-refractivity contribution in [1.82, 2.24) is 14.9 Å². The lowest BCUT2D eigenvalue weighted by atomic mass is 9.91. The Labute approximate surface area is 154 Å². The number of fused-ring (bicyclic) bond motifs is 1.